The van der Waals surface area contributed by atoms with Gasteiger partial charge in [-0.25, -0.2) is 0 Å². The molecule has 7 heteroatoms. The number of carbonyl (C=O) groups excluding carboxylic acids is 1. The van der Waals surface area contributed by atoms with Crippen LogP contribution in [0.3, 0.4) is 0 Å². The van der Waals surface area contributed by atoms with Crippen LogP contribution in [0.5, 0.6) is 5.75 Å². The van der Waals surface area contributed by atoms with Gasteiger partial charge in [-0.3, -0.25) is 9.36 Å². The Balaban J connectivity index is 1.54. The Morgan fingerprint density at radius 3 is 2.77 bits per heavy atom. The van der Waals surface area contributed by atoms with Crippen molar-refractivity contribution in [1.82, 2.24) is 9.88 Å². The van der Waals surface area contributed by atoms with E-state index in [2.05, 4.69) is 16.3 Å². The molecule has 0 radical (unpaired) electrons. The van der Waals surface area contributed by atoms with Gasteiger partial charge in [0.05, 0.1) is 12.8 Å². The molecule has 0 aliphatic carbocycles. The smallest absolute Gasteiger partial charge is 0.256 e. The van der Waals surface area contributed by atoms with Gasteiger partial charge in [0, 0.05) is 31.5 Å². The lowest BCUT2D eigenvalue weighted by atomic mass is 10.0. The molecule has 0 saturated carbocycles. The number of carbonyl (C=O) groups is 1. The predicted octanol–water partition coefficient (Wildman–Crippen LogP) is 3.66. The molecule has 3 aromatic rings. The number of piperidine rings is 1. The van der Waals surface area contributed by atoms with Gasteiger partial charge >= 0.3 is 0 Å². The van der Waals surface area contributed by atoms with Crippen molar-refractivity contribution in [2.75, 3.05) is 25.1 Å². The number of aromatic nitrogens is 1. The summed E-state index contributed by atoms with van der Waals surface area (Å²) in [5.74, 6) is 1.34. The molecule has 1 N–H and O–H groups in total. The first-order valence-electron chi connectivity index (χ1n) is 9.98. The van der Waals surface area contributed by atoms with E-state index in [1.165, 1.54) is 0 Å². The molecule has 1 amide bonds. The average Bonchev–Trinajstić information content (AvgIpc) is 3.41. The molecule has 154 valence electrons. The minimum absolute atomic E-state index is 0.0352. The zero-order valence-electron chi connectivity index (χ0n) is 17.1. The van der Waals surface area contributed by atoms with Gasteiger partial charge < -0.3 is 19.4 Å². The summed E-state index contributed by atoms with van der Waals surface area (Å²) in [4.78, 5) is 15.3. The first-order valence-corrected chi connectivity index (χ1v) is 9.98. The molecule has 1 fully saturated rings. The molecular formula is C23H24N4O3. The number of nitrogens with one attached hydrogen (secondary N) is 1. The Kier molecular flexibility index (Phi) is 5.48. The molecule has 1 aromatic carbocycles. The number of hydrogen-bond donors (Lipinski definition) is 1. The second-order valence-corrected chi connectivity index (χ2v) is 7.35. The molecule has 1 saturated heterocycles. The fraction of sp³-hybridized carbons (Fsp3) is 0.304. The van der Waals surface area contributed by atoms with Crippen LogP contribution in [-0.2, 0) is 0 Å². The molecule has 30 heavy (non-hydrogen) atoms. The van der Waals surface area contributed by atoms with Crippen LogP contribution in [0.4, 0.5) is 5.69 Å². The quantitative estimate of drug-likeness (QED) is 0.702. The number of methoxy groups -OCH3 is 1. The Labute approximate surface area is 175 Å². The third-order valence-corrected chi connectivity index (χ3v) is 5.43. The maximum atomic E-state index is 13.1. The molecule has 0 spiro atoms. The van der Waals surface area contributed by atoms with Gasteiger partial charge in [-0.1, -0.05) is 12.1 Å². The van der Waals surface area contributed by atoms with Gasteiger partial charge in [-0.05, 0) is 44.0 Å². The summed E-state index contributed by atoms with van der Waals surface area (Å²) in [6.07, 6.45) is 5.40. The number of aryl methyl sites for hydroxylation is 1. The zero-order valence-corrected chi connectivity index (χ0v) is 17.1. The maximum Gasteiger partial charge on any atom is 0.256 e. The molecule has 2 aromatic heterocycles. The van der Waals surface area contributed by atoms with Crippen LogP contribution in [0.15, 0.2) is 53.2 Å². The Morgan fingerprint density at radius 2 is 2.03 bits per heavy atom. The lowest BCUT2D eigenvalue weighted by Gasteiger charge is -2.35. The predicted molar refractivity (Wildman–Crippen MR) is 113 cm³/mol. The normalized spacial score (nSPS) is 16.2. The fourth-order valence-corrected chi connectivity index (χ4v) is 4.02. The first-order chi connectivity index (χ1) is 14.6. The van der Waals surface area contributed by atoms with Crippen molar-refractivity contribution in [3.63, 3.8) is 0 Å². The third kappa shape index (κ3) is 3.64. The Morgan fingerprint density at radius 1 is 1.27 bits per heavy atom. The van der Waals surface area contributed by atoms with Gasteiger partial charge in [-0.2, -0.15) is 5.26 Å². The van der Waals surface area contributed by atoms with E-state index < -0.39 is 0 Å². The number of para-hydroxylation sites is 2. The number of nitrogens with zero attached hydrogens (tertiary/aromatic N) is 3. The Hall–Kier alpha value is -3.66. The molecule has 3 heterocycles. The van der Waals surface area contributed by atoms with E-state index >= 15 is 0 Å². The number of amides is 1. The van der Waals surface area contributed by atoms with Crippen LogP contribution < -0.4 is 15.0 Å². The van der Waals surface area contributed by atoms with E-state index in [1.807, 2.05) is 36.4 Å². The van der Waals surface area contributed by atoms with Crippen molar-refractivity contribution in [3.05, 3.63) is 65.7 Å². The highest BCUT2D eigenvalue weighted by Crippen LogP contribution is 2.30. The lowest BCUT2D eigenvalue weighted by Crippen LogP contribution is -2.48. The molecule has 7 nitrogen and oxygen atoms in total. The van der Waals surface area contributed by atoms with E-state index in [9.17, 15) is 10.1 Å². The van der Waals surface area contributed by atoms with Crippen molar-refractivity contribution >= 4 is 11.6 Å². The van der Waals surface area contributed by atoms with E-state index in [0.717, 1.165) is 30.8 Å². The van der Waals surface area contributed by atoms with Gasteiger partial charge in [-0.15, -0.1) is 0 Å². The van der Waals surface area contributed by atoms with Crippen molar-refractivity contribution in [2.45, 2.75) is 25.8 Å². The van der Waals surface area contributed by atoms with Crippen molar-refractivity contribution < 1.29 is 13.9 Å². The van der Waals surface area contributed by atoms with E-state index in [0.29, 0.717) is 23.8 Å². The molecule has 1 aliphatic rings. The van der Waals surface area contributed by atoms with Crippen molar-refractivity contribution in [2.24, 2.45) is 0 Å². The molecule has 1 aliphatic heterocycles. The van der Waals surface area contributed by atoms with Crippen LogP contribution in [-0.4, -0.2) is 36.7 Å². The lowest BCUT2D eigenvalue weighted by molar-refractivity contribution is 0.0931. The minimum Gasteiger partial charge on any atom is -0.495 e. The van der Waals surface area contributed by atoms with E-state index in [1.54, 1.807) is 31.0 Å². The SMILES string of the molecule is COc1ccccc1N1CCCC(NC(=O)c2c(C)oc(-n3cccc3)c2C#N)C1. The number of benzene rings is 1. The largest absolute Gasteiger partial charge is 0.495 e. The molecule has 4 rings (SSSR count). The van der Waals surface area contributed by atoms with Crippen molar-refractivity contribution in [1.29, 1.82) is 5.26 Å². The molecule has 1 atom stereocenters. The van der Waals surface area contributed by atoms with E-state index in [-0.39, 0.29) is 17.5 Å². The highest BCUT2D eigenvalue weighted by molar-refractivity contribution is 5.98. The maximum absolute atomic E-state index is 13.1. The second kappa shape index (κ2) is 8.37. The average molecular weight is 404 g/mol. The van der Waals surface area contributed by atoms with Gasteiger partial charge in [0.15, 0.2) is 0 Å². The third-order valence-electron chi connectivity index (χ3n) is 5.43. The summed E-state index contributed by atoms with van der Waals surface area (Å²) in [5, 5.41) is 12.8. The van der Waals surface area contributed by atoms with E-state index in [4.69, 9.17) is 9.15 Å². The molecule has 0 bridgehead atoms. The van der Waals surface area contributed by atoms with Crippen LogP contribution in [0.25, 0.3) is 5.88 Å². The Bertz CT molecular complexity index is 1080. The standard InChI is InChI=1S/C23H24N4O3/c1-16-21(18(14-24)23(30-16)26-11-5-6-12-26)22(28)25-17-8-7-13-27(15-17)19-9-3-4-10-20(19)29-2/h3-6,9-12,17H,7-8,13,15H2,1-2H3,(H,25,28). The number of ether oxygens (including phenoxy) is 1. The molecule has 1 unspecified atom stereocenters. The summed E-state index contributed by atoms with van der Waals surface area (Å²) in [6, 6.07) is 13.7. The van der Waals surface area contributed by atoms with Crippen LogP contribution in [0, 0.1) is 18.3 Å². The van der Waals surface area contributed by atoms with Crippen LogP contribution in [0.2, 0.25) is 0 Å². The summed E-state index contributed by atoms with van der Waals surface area (Å²) in [6.45, 7) is 3.29. The highest BCUT2D eigenvalue weighted by Gasteiger charge is 2.28. The number of rotatable bonds is 5. The van der Waals surface area contributed by atoms with Gasteiger partial charge in [0.2, 0.25) is 5.88 Å². The fourth-order valence-electron chi connectivity index (χ4n) is 4.02. The second-order valence-electron chi connectivity index (χ2n) is 7.35. The summed E-state index contributed by atoms with van der Waals surface area (Å²) < 4.78 is 13.0. The summed E-state index contributed by atoms with van der Waals surface area (Å²) >= 11 is 0. The van der Waals surface area contributed by atoms with Gasteiger partial charge in [0.25, 0.3) is 5.91 Å². The first kappa shape index (κ1) is 19.6. The van der Waals surface area contributed by atoms with Crippen LogP contribution >= 0.6 is 0 Å². The van der Waals surface area contributed by atoms with Gasteiger partial charge in [0.1, 0.15) is 28.7 Å². The summed E-state index contributed by atoms with van der Waals surface area (Å²) in [5.41, 5.74) is 1.57. The number of anilines is 1. The number of furan rings is 1. The summed E-state index contributed by atoms with van der Waals surface area (Å²) in [7, 11) is 1.66. The molecular weight excluding hydrogens is 380 g/mol. The zero-order chi connectivity index (χ0) is 21.1. The van der Waals surface area contributed by atoms with Crippen LogP contribution in [0.1, 0.15) is 34.5 Å². The number of hydrogen-bond acceptors (Lipinski definition) is 5. The minimum atomic E-state index is -0.280. The highest BCUT2D eigenvalue weighted by atomic mass is 16.5. The topological polar surface area (TPSA) is 83.4 Å². The number of nitriles is 1. The van der Waals surface area contributed by atoms with Crippen molar-refractivity contribution in [3.8, 4) is 17.7 Å². The monoisotopic (exact) mass is 404 g/mol.